The number of hydrogen-bond donors (Lipinski definition) is 0. The lowest BCUT2D eigenvalue weighted by atomic mass is 9.70. The van der Waals surface area contributed by atoms with Crippen LogP contribution in [-0.2, 0) is 5.41 Å². The van der Waals surface area contributed by atoms with Gasteiger partial charge < -0.3 is 4.74 Å². The van der Waals surface area contributed by atoms with Gasteiger partial charge in [-0.05, 0) is 102 Å². The van der Waals surface area contributed by atoms with E-state index in [0.29, 0.717) is 16.7 Å². The van der Waals surface area contributed by atoms with Gasteiger partial charge in [0.25, 0.3) is 0 Å². The smallest absolute Gasteiger partial charge is 0.135 e. The van der Waals surface area contributed by atoms with Crippen molar-refractivity contribution in [3.05, 3.63) is 180 Å². The first-order chi connectivity index (χ1) is 29.5. The van der Waals surface area contributed by atoms with Gasteiger partial charge in [0.15, 0.2) is 0 Å². The summed E-state index contributed by atoms with van der Waals surface area (Å²) in [4.78, 5) is 0. The van der Waals surface area contributed by atoms with E-state index in [1.165, 1.54) is 0 Å². The molecule has 2 aliphatic carbocycles. The second kappa shape index (κ2) is 8.62. The topological polar surface area (TPSA) is 9.23 Å². The van der Waals surface area contributed by atoms with Crippen LogP contribution >= 0.6 is 0 Å². The number of ether oxygens (including phenoxy) is 1. The van der Waals surface area contributed by atoms with E-state index in [1.54, 1.807) is 6.07 Å². The Bertz CT molecular complexity index is 3520. The summed E-state index contributed by atoms with van der Waals surface area (Å²) in [5.74, 6) is -0.859. The third-order valence-corrected chi connectivity index (χ3v) is 9.38. The molecule has 0 radical (unpaired) electrons. The third kappa shape index (κ3) is 2.91. The zero-order valence-electron chi connectivity index (χ0n) is 39.7. The van der Waals surface area contributed by atoms with E-state index in [2.05, 4.69) is 0 Å². The largest absolute Gasteiger partial charge is 0.456 e. The minimum atomic E-state index is -1.69. The van der Waals surface area contributed by atoms with Gasteiger partial charge in [-0.2, -0.15) is 0 Å². The van der Waals surface area contributed by atoms with E-state index in [-0.39, 0.29) is 49.9 Å². The summed E-state index contributed by atoms with van der Waals surface area (Å²) in [6, 6.07) is 9.23. The minimum Gasteiger partial charge on any atom is -0.456 e. The molecular weight excluding hydrogens is 556 g/mol. The Kier molecular flexibility index (Phi) is 2.63. The fourth-order valence-electron chi connectivity index (χ4n) is 7.57. The lowest BCUT2D eigenvalue weighted by Crippen LogP contribution is -2.25. The number of hydrogen-bond acceptors (Lipinski definition) is 1. The minimum absolute atomic E-state index is 0.0258. The van der Waals surface area contributed by atoms with E-state index in [9.17, 15) is 11.0 Å². The van der Waals surface area contributed by atoms with Gasteiger partial charge in [-0.1, -0.05) is 133 Å². The predicted octanol–water partition coefficient (Wildman–Crippen LogP) is 11.8. The summed E-state index contributed by atoms with van der Waals surface area (Å²) in [7, 11) is 0. The Morgan fingerprint density at radius 1 is 0.457 bits per heavy atom. The van der Waals surface area contributed by atoms with Crippen LogP contribution in [0.4, 0.5) is 0 Å². The Labute approximate surface area is 289 Å². The molecule has 0 aromatic heterocycles. The molecule has 1 aliphatic heterocycles. The van der Waals surface area contributed by atoms with Gasteiger partial charge in [-0.3, -0.25) is 0 Å². The molecule has 1 nitrogen and oxygen atoms in total. The maximum atomic E-state index is 10.2. The highest BCUT2D eigenvalue weighted by Crippen LogP contribution is 2.64. The second-order valence-corrected chi connectivity index (χ2v) is 11.5. The summed E-state index contributed by atoms with van der Waals surface area (Å²) in [6.07, 6.45) is 0. The predicted molar refractivity (Wildman–Crippen MR) is 189 cm³/mol. The molecule has 11 rings (SSSR count). The van der Waals surface area contributed by atoms with Crippen LogP contribution in [-0.4, -0.2) is 0 Å². The van der Waals surface area contributed by atoms with Crippen molar-refractivity contribution in [1.29, 1.82) is 0 Å². The molecule has 46 heavy (non-hydrogen) atoms. The molecular formula is C45H26O. The fourth-order valence-corrected chi connectivity index (χ4v) is 7.57. The standard InChI is InChI=1S/C45H26O/c1-2-12-31-27(9-1)20-23-39-44(31)35-14-4-6-17-38(35)45(39)37-16-5-3-13-32(37)33-22-19-30(26-40(33)45)29-21-24-41-36(25-29)34-15-7-10-28-11-8-18-42(46-41)43(28)34/h1-26H/i3D,5D,7D,8D,10D,11D,13D,15D,16D,18D,19D,21D,22D,24D,25D,26D. The van der Waals surface area contributed by atoms with Crippen molar-refractivity contribution in [2.75, 3.05) is 0 Å². The Morgan fingerprint density at radius 3 is 2.22 bits per heavy atom. The van der Waals surface area contributed by atoms with Crippen molar-refractivity contribution >= 4 is 21.5 Å². The Morgan fingerprint density at radius 2 is 1.24 bits per heavy atom. The molecule has 0 amide bonds. The van der Waals surface area contributed by atoms with Crippen molar-refractivity contribution in [1.82, 2.24) is 0 Å². The van der Waals surface area contributed by atoms with Gasteiger partial charge >= 0.3 is 0 Å². The maximum Gasteiger partial charge on any atom is 0.135 e. The Balaban J connectivity index is 1.33. The van der Waals surface area contributed by atoms with Crippen LogP contribution < -0.4 is 4.74 Å². The monoisotopic (exact) mass is 598 g/mol. The van der Waals surface area contributed by atoms with Crippen molar-refractivity contribution in [2.45, 2.75) is 5.41 Å². The van der Waals surface area contributed by atoms with Crippen LogP contribution in [0, 0.1) is 0 Å². The lowest BCUT2D eigenvalue weighted by molar-refractivity contribution is 0.487. The number of benzene rings is 8. The first-order valence-electron chi connectivity index (χ1n) is 22.7. The SMILES string of the molecule is [2H]c1c([2H])c([2H])c2c(c1[2H])-c1c([2H])c([2H])c(-c3c([2H])c([2H])c4c(c3[2H])-c3c([2H])c([2H])c([2H])c5c([2H])c([2H])c([2H])c(c35)O4)c([2H])c1C21c2ccccc2-c2c1ccc1ccccc21. The Hall–Kier alpha value is -5.92. The van der Waals surface area contributed by atoms with E-state index >= 15 is 0 Å². The zero-order valence-corrected chi connectivity index (χ0v) is 23.7. The molecule has 1 heteroatoms. The van der Waals surface area contributed by atoms with Crippen molar-refractivity contribution < 1.29 is 26.7 Å². The highest BCUT2D eigenvalue weighted by molar-refractivity contribution is 6.07. The molecule has 1 heterocycles. The molecule has 1 unspecified atom stereocenters. The van der Waals surface area contributed by atoms with Gasteiger partial charge in [-0.25, -0.2) is 0 Å². The molecule has 0 N–H and O–H groups in total. The molecule has 3 aliphatic rings. The van der Waals surface area contributed by atoms with Gasteiger partial charge in [0.2, 0.25) is 0 Å². The molecule has 0 saturated heterocycles. The van der Waals surface area contributed by atoms with Crippen LogP contribution in [0.25, 0.3) is 66.1 Å². The van der Waals surface area contributed by atoms with Crippen LogP contribution in [0.2, 0.25) is 0 Å². The van der Waals surface area contributed by atoms with Crippen LogP contribution in [0.3, 0.4) is 0 Å². The summed E-state index contributed by atoms with van der Waals surface area (Å²) < 4.78 is 152. The molecule has 8 aromatic rings. The van der Waals surface area contributed by atoms with Crippen molar-refractivity contribution in [2.24, 2.45) is 0 Å². The molecule has 0 bridgehead atoms. The highest BCUT2D eigenvalue weighted by atomic mass is 16.5. The van der Waals surface area contributed by atoms with Gasteiger partial charge in [0, 0.05) is 10.9 Å². The maximum absolute atomic E-state index is 10.2. The average Bonchev–Trinajstić information content (AvgIpc) is 3.76. The second-order valence-electron chi connectivity index (χ2n) is 11.5. The average molecular weight is 599 g/mol. The van der Waals surface area contributed by atoms with E-state index in [0.717, 1.165) is 16.3 Å². The molecule has 1 atom stereocenters. The van der Waals surface area contributed by atoms with Crippen molar-refractivity contribution in [3.8, 4) is 56.0 Å². The first kappa shape index (κ1) is 14.0. The van der Waals surface area contributed by atoms with Crippen LogP contribution in [0.1, 0.15) is 44.2 Å². The zero-order chi connectivity index (χ0) is 43.9. The summed E-state index contributed by atoms with van der Waals surface area (Å²) in [5.41, 5.74) is -0.682. The molecule has 8 aromatic carbocycles. The number of rotatable bonds is 1. The lowest BCUT2D eigenvalue weighted by Gasteiger charge is -2.31. The fraction of sp³-hybridized carbons (Fsp3) is 0.0222. The summed E-state index contributed by atoms with van der Waals surface area (Å²) in [6.45, 7) is 0. The van der Waals surface area contributed by atoms with Crippen LogP contribution in [0.5, 0.6) is 11.5 Å². The van der Waals surface area contributed by atoms with Gasteiger partial charge in [-0.15, -0.1) is 0 Å². The van der Waals surface area contributed by atoms with E-state index in [1.807, 2.05) is 54.6 Å². The number of fused-ring (bicyclic) bond motifs is 14. The third-order valence-electron chi connectivity index (χ3n) is 9.38. The molecule has 212 valence electrons. The highest BCUT2D eigenvalue weighted by Gasteiger charge is 2.52. The first-order valence-corrected chi connectivity index (χ1v) is 14.7. The van der Waals surface area contributed by atoms with E-state index < -0.39 is 119 Å². The van der Waals surface area contributed by atoms with Crippen LogP contribution in [0.15, 0.2) is 157 Å². The van der Waals surface area contributed by atoms with Crippen molar-refractivity contribution in [3.63, 3.8) is 0 Å². The summed E-state index contributed by atoms with van der Waals surface area (Å²) in [5, 5.41) is 1.24. The summed E-state index contributed by atoms with van der Waals surface area (Å²) >= 11 is 0. The molecule has 0 fully saturated rings. The molecule has 0 saturated carbocycles. The normalized spacial score (nSPS) is 21.0. The van der Waals surface area contributed by atoms with Gasteiger partial charge in [0.1, 0.15) is 11.5 Å². The van der Waals surface area contributed by atoms with Gasteiger partial charge in [0.05, 0.1) is 27.3 Å². The van der Waals surface area contributed by atoms with E-state index in [4.69, 9.17) is 15.7 Å². The quantitative estimate of drug-likeness (QED) is 0.183. The molecule has 1 spiro atoms.